The number of allylic oxidation sites excluding steroid dienone is 1. The number of rotatable bonds is 4. The molecule has 24 heavy (non-hydrogen) atoms. The molecule has 1 aromatic carbocycles. The van der Waals surface area contributed by atoms with Crippen LogP contribution in [0.15, 0.2) is 29.5 Å². The average Bonchev–Trinajstić information content (AvgIpc) is 3.01. The summed E-state index contributed by atoms with van der Waals surface area (Å²) in [6.07, 6.45) is 0.145. The molecular formula is C16H15N3O4S. The smallest absolute Gasteiger partial charge is 0.338 e. The number of fused-ring (bicyclic) bond motifs is 1. The summed E-state index contributed by atoms with van der Waals surface area (Å²) in [5, 5.41) is 15.0. The van der Waals surface area contributed by atoms with Gasteiger partial charge in [0.15, 0.2) is 16.6 Å². The standard InChI is InChI=1S/C16H15N3O4S/c1-9-13(15(20)21-6-2-5-17)14(19-16(24)18-9)10-3-4-11-12(7-10)23-8-22-11/h3-4,7,14H,2,6,8H2,1H3,(H2,18,19,24). The largest absolute Gasteiger partial charge is 0.461 e. The molecule has 0 amide bonds. The van der Waals surface area contributed by atoms with Gasteiger partial charge in [0, 0.05) is 5.70 Å². The van der Waals surface area contributed by atoms with Crippen molar-refractivity contribution < 1.29 is 19.0 Å². The van der Waals surface area contributed by atoms with Gasteiger partial charge >= 0.3 is 5.97 Å². The Kier molecular flexibility index (Phi) is 4.53. The molecule has 0 saturated heterocycles. The molecule has 124 valence electrons. The van der Waals surface area contributed by atoms with Crippen molar-refractivity contribution in [3.63, 3.8) is 0 Å². The molecule has 2 N–H and O–H groups in total. The minimum Gasteiger partial charge on any atom is -0.461 e. The first-order valence-corrected chi connectivity index (χ1v) is 7.73. The third-order valence-electron chi connectivity index (χ3n) is 3.67. The maximum atomic E-state index is 12.4. The Hall–Kier alpha value is -2.79. The predicted molar refractivity (Wildman–Crippen MR) is 88.1 cm³/mol. The molecule has 1 atom stereocenters. The number of nitrogens with zero attached hydrogens (tertiary/aromatic N) is 1. The second kappa shape index (κ2) is 6.76. The number of carbonyl (C=O) groups is 1. The lowest BCUT2D eigenvalue weighted by Crippen LogP contribution is -2.45. The maximum Gasteiger partial charge on any atom is 0.338 e. The molecular weight excluding hydrogens is 330 g/mol. The molecule has 8 heteroatoms. The van der Waals surface area contributed by atoms with Crippen LogP contribution in [0, 0.1) is 11.3 Å². The van der Waals surface area contributed by atoms with Gasteiger partial charge in [0.25, 0.3) is 0 Å². The Balaban J connectivity index is 1.91. The molecule has 0 fully saturated rings. The van der Waals surface area contributed by atoms with E-state index in [0.717, 1.165) is 5.56 Å². The lowest BCUT2D eigenvalue weighted by molar-refractivity contribution is -0.139. The molecule has 1 unspecified atom stereocenters. The number of thiocarbonyl (C=S) groups is 1. The number of ether oxygens (including phenoxy) is 3. The van der Waals surface area contributed by atoms with Crippen LogP contribution >= 0.6 is 12.2 Å². The highest BCUT2D eigenvalue weighted by Crippen LogP contribution is 2.37. The lowest BCUT2D eigenvalue weighted by atomic mass is 9.95. The molecule has 0 aliphatic carbocycles. The summed E-state index contributed by atoms with van der Waals surface area (Å²) >= 11 is 5.20. The second-order valence-electron chi connectivity index (χ2n) is 5.23. The van der Waals surface area contributed by atoms with Crippen molar-refractivity contribution in [2.24, 2.45) is 0 Å². The van der Waals surface area contributed by atoms with E-state index in [1.165, 1.54) is 0 Å². The van der Waals surface area contributed by atoms with Gasteiger partial charge in [-0.15, -0.1) is 0 Å². The first kappa shape index (κ1) is 16.1. The normalized spacial score (nSPS) is 18.5. The van der Waals surface area contributed by atoms with E-state index >= 15 is 0 Å². The Bertz CT molecular complexity index is 769. The molecule has 0 saturated carbocycles. The fourth-order valence-corrected chi connectivity index (χ4v) is 2.85. The second-order valence-corrected chi connectivity index (χ2v) is 5.64. The SMILES string of the molecule is CC1=C(C(=O)OCCC#N)C(c2ccc3c(c2)OCO3)NC(=S)N1. The highest BCUT2D eigenvalue weighted by Gasteiger charge is 2.32. The Morgan fingerprint density at radius 3 is 3.04 bits per heavy atom. The van der Waals surface area contributed by atoms with Gasteiger partial charge in [-0.1, -0.05) is 6.07 Å². The fourth-order valence-electron chi connectivity index (χ4n) is 2.57. The van der Waals surface area contributed by atoms with Gasteiger partial charge < -0.3 is 24.8 Å². The minimum absolute atomic E-state index is 0.0461. The summed E-state index contributed by atoms with van der Waals surface area (Å²) in [7, 11) is 0. The number of hydrogen-bond donors (Lipinski definition) is 2. The summed E-state index contributed by atoms with van der Waals surface area (Å²) in [6, 6.07) is 6.91. The van der Waals surface area contributed by atoms with Gasteiger partial charge in [-0.05, 0) is 36.8 Å². The Labute approximate surface area is 144 Å². The summed E-state index contributed by atoms with van der Waals surface area (Å²) in [6.45, 7) is 1.98. The molecule has 0 aromatic heterocycles. The van der Waals surface area contributed by atoms with Crippen molar-refractivity contribution in [2.45, 2.75) is 19.4 Å². The average molecular weight is 345 g/mol. The van der Waals surface area contributed by atoms with Crippen molar-refractivity contribution in [2.75, 3.05) is 13.4 Å². The van der Waals surface area contributed by atoms with E-state index in [0.29, 0.717) is 27.9 Å². The molecule has 3 rings (SSSR count). The third kappa shape index (κ3) is 3.12. The fraction of sp³-hybridized carbons (Fsp3) is 0.312. The van der Waals surface area contributed by atoms with Crippen LogP contribution in [-0.4, -0.2) is 24.5 Å². The van der Waals surface area contributed by atoms with Gasteiger partial charge in [0.05, 0.1) is 24.1 Å². The van der Waals surface area contributed by atoms with Crippen molar-refractivity contribution >= 4 is 23.3 Å². The van der Waals surface area contributed by atoms with Gasteiger partial charge in [-0.2, -0.15) is 5.26 Å². The van der Waals surface area contributed by atoms with Gasteiger partial charge in [0.2, 0.25) is 6.79 Å². The molecule has 0 bridgehead atoms. The molecule has 2 aliphatic rings. The Morgan fingerprint density at radius 1 is 1.46 bits per heavy atom. The molecule has 0 spiro atoms. The lowest BCUT2D eigenvalue weighted by Gasteiger charge is -2.29. The van der Waals surface area contributed by atoms with E-state index in [9.17, 15) is 4.79 Å². The van der Waals surface area contributed by atoms with Crippen LogP contribution in [0.3, 0.4) is 0 Å². The van der Waals surface area contributed by atoms with E-state index in [4.69, 9.17) is 31.7 Å². The van der Waals surface area contributed by atoms with Crippen LogP contribution in [0.1, 0.15) is 24.9 Å². The number of carbonyl (C=O) groups excluding carboxylic acids is 1. The zero-order valence-corrected chi connectivity index (χ0v) is 13.7. The van der Waals surface area contributed by atoms with Crippen LogP contribution in [0.25, 0.3) is 0 Å². The monoisotopic (exact) mass is 345 g/mol. The zero-order chi connectivity index (χ0) is 17.1. The summed E-state index contributed by atoms with van der Waals surface area (Å²) in [4.78, 5) is 12.4. The third-order valence-corrected chi connectivity index (χ3v) is 3.89. The number of esters is 1. The maximum absolute atomic E-state index is 12.4. The molecule has 2 heterocycles. The van der Waals surface area contributed by atoms with Crippen LogP contribution < -0.4 is 20.1 Å². The van der Waals surface area contributed by atoms with Gasteiger partial charge in [0.1, 0.15) is 6.61 Å². The number of hydrogen-bond acceptors (Lipinski definition) is 6. The highest BCUT2D eigenvalue weighted by molar-refractivity contribution is 7.80. The number of nitrogens with one attached hydrogen (secondary N) is 2. The first-order chi connectivity index (χ1) is 11.6. The minimum atomic E-state index is -0.493. The predicted octanol–water partition coefficient (Wildman–Crippen LogP) is 1.66. The first-order valence-electron chi connectivity index (χ1n) is 7.32. The van der Waals surface area contributed by atoms with E-state index in [2.05, 4.69) is 10.6 Å². The van der Waals surface area contributed by atoms with Crippen LogP contribution in [0.2, 0.25) is 0 Å². The summed E-state index contributed by atoms with van der Waals surface area (Å²) in [5.74, 6) is 0.788. The van der Waals surface area contributed by atoms with Crippen molar-refractivity contribution in [1.82, 2.24) is 10.6 Å². The van der Waals surface area contributed by atoms with Crippen molar-refractivity contribution in [3.05, 3.63) is 35.0 Å². The van der Waals surface area contributed by atoms with Crippen molar-refractivity contribution in [3.8, 4) is 17.6 Å². The summed E-state index contributed by atoms with van der Waals surface area (Å²) < 4.78 is 15.9. The van der Waals surface area contributed by atoms with E-state index in [-0.39, 0.29) is 19.8 Å². The molecule has 2 aliphatic heterocycles. The molecule has 1 aromatic rings. The number of benzene rings is 1. The zero-order valence-electron chi connectivity index (χ0n) is 12.9. The van der Waals surface area contributed by atoms with Gasteiger partial charge in [-0.3, -0.25) is 0 Å². The van der Waals surface area contributed by atoms with Crippen molar-refractivity contribution in [1.29, 1.82) is 5.26 Å². The molecule has 0 radical (unpaired) electrons. The quantitative estimate of drug-likeness (QED) is 0.484. The van der Waals surface area contributed by atoms with Crippen LogP contribution in [0.4, 0.5) is 0 Å². The number of nitriles is 1. The van der Waals surface area contributed by atoms with Gasteiger partial charge in [-0.25, -0.2) is 4.79 Å². The van der Waals surface area contributed by atoms with E-state index in [1.807, 2.05) is 18.2 Å². The molecule has 7 nitrogen and oxygen atoms in total. The highest BCUT2D eigenvalue weighted by atomic mass is 32.1. The topological polar surface area (TPSA) is 92.6 Å². The van der Waals surface area contributed by atoms with Crippen LogP contribution in [0.5, 0.6) is 11.5 Å². The van der Waals surface area contributed by atoms with E-state index < -0.39 is 12.0 Å². The van der Waals surface area contributed by atoms with Crippen LogP contribution in [-0.2, 0) is 9.53 Å². The Morgan fingerprint density at radius 2 is 2.25 bits per heavy atom. The van der Waals surface area contributed by atoms with E-state index in [1.54, 1.807) is 13.0 Å². The summed E-state index contributed by atoms with van der Waals surface area (Å²) in [5.41, 5.74) is 1.83.